The number of carboxylic acid groups (broad SMARTS) is 1. The third-order valence-corrected chi connectivity index (χ3v) is 3.93. The first kappa shape index (κ1) is 13.7. The molecule has 1 amide bonds. The van der Waals surface area contributed by atoms with Gasteiger partial charge >= 0.3 is 5.97 Å². The van der Waals surface area contributed by atoms with Gasteiger partial charge in [0.2, 0.25) is 6.10 Å². The molecule has 1 aliphatic heterocycles. The number of carboxylic acids is 1. The number of ether oxygens (including phenoxy) is 2. The van der Waals surface area contributed by atoms with Crippen molar-refractivity contribution in [1.82, 2.24) is 5.32 Å². The first-order valence-corrected chi connectivity index (χ1v) is 7.00. The molecule has 3 rings (SSSR count). The van der Waals surface area contributed by atoms with Crippen LogP contribution in [-0.2, 0) is 9.59 Å². The van der Waals surface area contributed by atoms with Crippen molar-refractivity contribution < 1.29 is 24.2 Å². The SMILES string of the molecule is CC1Oc2ccccc2OC1C(=O)NC1CC(C(=O)O)C1. The van der Waals surface area contributed by atoms with Crippen LogP contribution in [0.3, 0.4) is 0 Å². The third kappa shape index (κ3) is 2.66. The lowest BCUT2D eigenvalue weighted by Crippen LogP contribution is -2.55. The molecule has 1 saturated carbocycles. The second kappa shape index (κ2) is 5.27. The number of para-hydroxylation sites is 2. The molecule has 21 heavy (non-hydrogen) atoms. The van der Waals surface area contributed by atoms with Crippen LogP contribution >= 0.6 is 0 Å². The Labute approximate surface area is 122 Å². The molecule has 2 aliphatic rings. The maximum atomic E-state index is 12.2. The molecule has 0 aromatic heterocycles. The number of hydrogen-bond donors (Lipinski definition) is 2. The van der Waals surface area contributed by atoms with Crippen molar-refractivity contribution in [2.24, 2.45) is 5.92 Å². The number of fused-ring (bicyclic) bond motifs is 1. The summed E-state index contributed by atoms with van der Waals surface area (Å²) in [6.07, 6.45) is -0.168. The molecule has 1 fully saturated rings. The van der Waals surface area contributed by atoms with Gasteiger partial charge < -0.3 is 19.9 Å². The lowest BCUT2D eigenvalue weighted by atomic mass is 9.80. The van der Waals surface area contributed by atoms with E-state index in [9.17, 15) is 9.59 Å². The molecular formula is C15H17NO5. The average molecular weight is 291 g/mol. The first-order valence-electron chi connectivity index (χ1n) is 7.00. The normalized spacial score (nSPS) is 30.1. The van der Waals surface area contributed by atoms with Gasteiger partial charge in [-0.3, -0.25) is 9.59 Å². The van der Waals surface area contributed by atoms with E-state index in [0.29, 0.717) is 24.3 Å². The zero-order valence-electron chi connectivity index (χ0n) is 11.6. The van der Waals surface area contributed by atoms with E-state index in [4.69, 9.17) is 14.6 Å². The molecule has 1 aliphatic carbocycles. The minimum Gasteiger partial charge on any atom is -0.482 e. The molecular weight excluding hydrogens is 274 g/mol. The standard InChI is InChI=1S/C15H17NO5/c1-8-13(21-12-5-3-2-4-11(12)20-8)14(17)16-10-6-9(7-10)15(18)19/h2-5,8-10,13H,6-7H2,1H3,(H,16,17)(H,18,19). The number of carbonyl (C=O) groups is 2. The fourth-order valence-electron chi connectivity index (χ4n) is 2.63. The third-order valence-electron chi connectivity index (χ3n) is 3.93. The number of rotatable bonds is 3. The number of benzene rings is 1. The van der Waals surface area contributed by atoms with Gasteiger partial charge in [0, 0.05) is 6.04 Å². The monoisotopic (exact) mass is 291 g/mol. The zero-order chi connectivity index (χ0) is 15.0. The molecule has 1 heterocycles. The van der Waals surface area contributed by atoms with Crippen LogP contribution in [0.5, 0.6) is 11.5 Å². The van der Waals surface area contributed by atoms with Crippen LogP contribution in [0.15, 0.2) is 24.3 Å². The molecule has 6 heteroatoms. The lowest BCUT2D eigenvalue weighted by molar-refractivity contribution is -0.147. The molecule has 0 spiro atoms. The fraction of sp³-hybridized carbons (Fsp3) is 0.467. The second-order valence-corrected chi connectivity index (χ2v) is 5.52. The van der Waals surface area contributed by atoms with E-state index in [2.05, 4.69) is 5.32 Å². The number of aliphatic carboxylic acids is 1. The van der Waals surface area contributed by atoms with Crippen molar-refractivity contribution in [2.45, 2.75) is 38.0 Å². The Bertz CT molecular complexity index is 567. The quantitative estimate of drug-likeness (QED) is 0.874. The summed E-state index contributed by atoms with van der Waals surface area (Å²) in [6.45, 7) is 1.78. The van der Waals surface area contributed by atoms with Crippen molar-refractivity contribution >= 4 is 11.9 Å². The van der Waals surface area contributed by atoms with Crippen molar-refractivity contribution in [3.05, 3.63) is 24.3 Å². The number of nitrogens with one attached hydrogen (secondary N) is 1. The van der Waals surface area contributed by atoms with Gasteiger partial charge in [0.1, 0.15) is 6.10 Å². The topological polar surface area (TPSA) is 84.9 Å². The summed E-state index contributed by atoms with van der Waals surface area (Å²) in [7, 11) is 0. The van der Waals surface area contributed by atoms with E-state index < -0.39 is 18.2 Å². The molecule has 0 radical (unpaired) electrons. The van der Waals surface area contributed by atoms with Crippen molar-refractivity contribution in [3.8, 4) is 11.5 Å². The minimum absolute atomic E-state index is 0.0911. The zero-order valence-corrected chi connectivity index (χ0v) is 11.6. The summed E-state index contributed by atoms with van der Waals surface area (Å²) in [5, 5.41) is 11.7. The summed E-state index contributed by atoms with van der Waals surface area (Å²) < 4.78 is 11.4. The van der Waals surface area contributed by atoms with Crippen LogP contribution < -0.4 is 14.8 Å². The summed E-state index contributed by atoms with van der Waals surface area (Å²) in [4.78, 5) is 23.0. The molecule has 2 unspecified atom stereocenters. The highest BCUT2D eigenvalue weighted by atomic mass is 16.6. The first-order chi connectivity index (χ1) is 10.0. The van der Waals surface area contributed by atoms with Gasteiger partial charge in [-0.25, -0.2) is 0 Å². The van der Waals surface area contributed by atoms with E-state index in [0.717, 1.165) is 0 Å². The largest absolute Gasteiger partial charge is 0.482 e. The highest BCUT2D eigenvalue weighted by Gasteiger charge is 2.39. The van der Waals surface area contributed by atoms with Gasteiger partial charge in [-0.05, 0) is 31.9 Å². The molecule has 112 valence electrons. The molecule has 0 saturated heterocycles. The number of carbonyl (C=O) groups excluding carboxylic acids is 1. The molecule has 2 atom stereocenters. The van der Waals surface area contributed by atoms with E-state index in [-0.39, 0.29) is 17.9 Å². The van der Waals surface area contributed by atoms with Gasteiger partial charge in [-0.15, -0.1) is 0 Å². The van der Waals surface area contributed by atoms with E-state index in [1.807, 2.05) is 12.1 Å². The fourth-order valence-corrected chi connectivity index (χ4v) is 2.63. The van der Waals surface area contributed by atoms with Crippen LogP contribution in [0, 0.1) is 5.92 Å². The van der Waals surface area contributed by atoms with Gasteiger partial charge in [-0.2, -0.15) is 0 Å². The Morgan fingerprint density at radius 1 is 1.19 bits per heavy atom. The predicted molar refractivity (Wildman–Crippen MR) is 73.2 cm³/mol. The Balaban J connectivity index is 1.60. The smallest absolute Gasteiger partial charge is 0.306 e. The Morgan fingerprint density at radius 2 is 1.81 bits per heavy atom. The molecule has 2 N–H and O–H groups in total. The summed E-state index contributed by atoms with van der Waals surface area (Å²) in [5.74, 6) is -0.237. The van der Waals surface area contributed by atoms with Gasteiger partial charge in [0.15, 0.2) is 11.5 Å². The van der Waals surface area contributed by atoms with Gasteiger partial charge in [0.25, 0.3) is 5.91 Å². The summed E-state index contributed by atoms with van der Waals surface area (Å²) in [5.41, 5.74) is 0. The maximum absolute atomic E-state index is 12.2. The highest BCUT2D eigenvalue weighted by Crippen LogP contribution is 2.34. The van der Waals surface area contributed by atoms with Crippen LogP contribution in [0.25, 0.3) is 0 Å². The van der Waals surface area contributed by atoms with Crippen LogP contribution in [0.4, 0.5) is 0 Å². The van der Waals surface area contributed by atoms with Crippen molar-refractivity contribution in [3.63, 3.8) is 0 Å². The average Bonchev–Trinajstić information content (AvgIpc) is 2.40. The molecule has 1 aromatic carbocycles. The maximum Gasteiger partial charge on any atom is 0.306 e. The minimum atomic E-state index is -0.806. The molecule has 0 bridgehead atoms. The highest BCUT2D eigenvalue weighted by molar-refractivity contribution is 5.83. The lowest BCUT2D eigenvalue weighted by Gasteiger charge is -2.36. The molecule has 6 nitrogen and oxygen atoms in total. The second-order valence-electron chi connectivity index (χ2n) is 5.52. The van der Waals surface area contributed by atoms with E-state index >= 15 is 0 Å². The van der Waals surface area contributed by atoms with Gasteiger partial charge in [-0.1, -0.05) is 12.1 Å². The number of amides is 1. The van der Waals surface area contributed by atoms with E-state index in [1.54, 1.807) is 19.1 Å². The Kier molecular flexibility index (Phi) is 3.45. The van der Waals surface area contributed by atoms with Crippen molar-refractivity contribution in [2.75, 3.05) is 0 Å². The Hall–Kier alpha value is -2.24. The van der Waals surface area contributed by atoms with Crippen molar-refractivity contribution in [1.29, 1.82) is 0 Å². The van der Waals surface area contributed by atoms with Crippen LogP contribution in [0.1, 0.15) is 19.8 Å². The molecule has 1 aromatic rings. The summed E-state index contributed by atoms with van der Waals surface area (Å²) >= 11 is 0. The number of hydrogen-bond acceptors (Lipinski definition) is 4. The van der Waals surface area contributed by atoms with Crippen LogP contribution in [-0.4, -0.2) is 35.2 Å². The Morgan fingerprint density at radius 3 is 2.43 bits per heavy atom. The van der Waals surface area contributed by atoms with Gasteiger partial charge in [0.05, 0.1) is 5.92 Å². The summed E-state index contributed by atoms with van der Waals surface area (Å²) in [6, 6.07) is 7.12. The van der Waals surface area contributed by atoms with E-state index in [1.165, 1.54) is 0 Å². The predicted octanol–water partition coefficient (Wildman–Crippen LogP) is 1.19. The van der Waals surface area contributed by atoms with Crippen LogP contribution in [0.2, 0.25) is 0 Å².